The first-order chi connectivity index (χ1) is 5.27. The van der Waals surface area contributed by atoms with Crippen molar-refractivity contribution in [2.45, 2.75) is 31.3 Å². The molecule has 0 amide bonds. The van der Waals surface area contributed by atoms with E-state index in [0.29, 0.717) is 6.42 Å². The largest absolute Gasteiger partial charge is 0.481 e. The predicted octanol–water partition coefficient (Wildman–Crippen LogP) is 1.07. The highest BCUT2D eigenvalue weighted by atomic mass is 16.4. The summed E-state index contributed by atoms with van der Waals surface area (Å²) in [6.07, 6.45) is 2.63. The van der Waals surface area contributed by atoms with E-state index in [9.17, 15) is 4.79 Å². The average Bonchev–Trinajstić information content (AvgIpc) is 2.06. The van der Waals surface area contributed by atoms with Crippen molar-refractivity contribution >= 4 is 5.97 Å². The number of hydrogen-bond acceptors (Lipinski definition) is 3. The zero-order chi connectivity index (χ0) is 7.84. The normalized spacial score (nSPS) is 40.9. The van der Waals surface area contributed by atoms with Crippen molar-refractivity contribution in [1.82, 2.24) is 0 Å². The highest BCUT2D eigenvalue weighted by molar-refractivity contribution is 5.71. The molecule has 3 rings (SSSR count). The SMILES string of the molecule is O=C(O)[C@@H]1C[C@H]2CC[C@@H]1N=N2. The second-order valence-electron chi connectivity index (χ2n) is 3.21. The second kappa shape index (κ2) is 2.29. The standard InChI is InChI=1S/C7H10N2O2/c10-7(11)5-3-4-1-2-6(5)9-8-4/h4-6H,1-3H2,(H,10,11)/t4-,5-,6+/m1/s1. The van der Waals surface area contributed by atoms with Gasteiger partial charge in [-0.1, -0.05) is 0 Å². The molecule has 60 valence electrons. The molecule has 3 aliphatic rings. The monoisotopic (exact) mass is 154 g/mol. The topological polar surface area (TPSA) is 62.0 Å². The Bertz CT molecular complexity index is 214. The molecule has 0 unspecified atom stereocenters. The number of aliphatic carboxylic acids is 1. The highest BCUT2D eigenvalue weighted by Crippen LogP contribution is 2.34. The van der Waals surface area contributed by atoms with E-state index in [1.54, 1.807) is 0 Å². The van der Waals surface area contributed by atoms with E-state index in [1.807, 2.05) is 0 Å². The van der Waals surface area contributed by atoms with Gasteiger partial charge >= 0.3 is 5.97 Å². The zero-order valence-electron chi connectivity index (χ0n) is 6.10. The molecule has 4 heteroatoms. The molecule has 1 fully saturated rings. The van der Waals surface area contributed by atoms with Crippen LogP contribution in [0.15, 0.2) is 10.2 Å². The molecule has 1 saturated carbocycles. The summed E-state index contributed by atoms with van der Waals surface area (Å²) in [5, 5.41) is 16.7. The van der Waals surface area contributed by atoms with Crippen LogP contribution in [-0.4, -0.2) is 23.2 Å². The van der Waals surface area contributed by atoms with Gasteiger partial charge in [0.25, 0.3) is 0 Å². The number of carboxylic acids is 1. The summed E-state index contributed by atoms with van der Waals surface area (Å²) in [5.41, 5.74) is 0. The summed E-state index contributed by atoms with van der Waals surface area (Å²) in [7, 11) is 0. The first-order valence-electron chi connectivity index (χ1n) is 3.90. The Morgan fingerprint density at radius 1 is 1.36 bits per heavy atom. The molecule has 0 radical (unpaired) electrons. The molecule has 0 spiro atoms. The van der Waals surface area contributed by atoms with Crippen LogP contribution in [0.25, 0.3) is 0 Å². The summed E-state index contributed by atoms with van der Waals surface area (Å²) in [5.74, 6) is -0.968. The van der Waals surface area contributed by atoms with Gasteiger partial charge in [-0.3, -0.25) is 4.79 Å². The molecule has 1 N–H and O–H groups in total. The van der Waals surface area contributed by atoms with Crippen LogP contribution >= 0.6 is 0 Å². The first-order valence-corrected chi connectivity index (χ1v) is 3.90. The van der Waals surface area contributed by atoms with Gasteiger partial charge in [0.2, 0.25) is 0 Å². The second-order valence-corrected chi connectivity index (χ2v) is 3.21. The van der Waals surface area contributed by atoms with Gasteiger partial charge in [0, 0.05) is 0 Å². The number of nitrogens with zero attached hydrogens (tertiary/aromatic N) is 2. The highest BCUT2D eigenvalue weighted by Gasteiger charge is 2.38. The minimum atomic E-state index is -0.710. The van der Waals surface area contributed by atoms with Crippen molar-refractivity contribution in [2.75, 3.05) is 0 Å². The fourth-order valence-corrected chi connectivity index (χ4v) is 1.82. The van der Waals surface area contributed by atoms with E-state index in [-0.39, 0.29) is 18.0 Å². The van der Waals surface area contributed by atoms with Crippen LogP contribution in [0.5, 0.6) is 0 Å². The lowest BCUT2D eigenvalue weighted by Crippen LogP contribution is -2.38. The lowest BCUT2D eigenvalue weighted by atomic mass is 9.81. The van der Waals surface area contributed by atoms with Gasteiger partial charge in [0.05, 0.1) is 18.0 Å². The minimum Gasteiger partial charge on any atom is -0.481 e. The molecule has 1 aliphatic carbocycles. The van der Waals surface area contributed by atoms with Gasteiger partial charge in [-0.25, -0.2) is 0 Å². The maximum Gasteiger partial charge on any atom is 0.308 e. The third-order valence-electron chi connectivity index (χ3n) is 2.48. The van der Waals surface area contributed by atoms with Crippen LogP contribution < -0.4 is 0 Å². The minimum absolute atomic E-state index is 0.0301. The number of rotatable bonds is 1. The van der Waals surface area contributed by atoms with Gasteiger partial charge in [0.15, 0.2) is 0 Å². The van der Waals surface area contributed by atoms with E-state index < -0.39 is 5.97 Å². The zero-order valence-corrected chi connectivity index (χ0v) is 6.10. The summed E-state index contributed by atoms with van der Waals surface area (Å²) in [6.45, 7) is 0. The fraction of sp³-hybridized carbons (Fsp3) is 0.857. The third-order valence-corrected chi connectivity index (χ3v) is 2.48. The van der Waals surface area contributed by atoms with Crippen molar-refractivity contribution in [3.8, 4) is 0 Å². The summed E-state index contributed by atoms with van der Waals surface area (Å²) in [6, 6.07) is 0.165. The van der Waals surface area contributed by atoms with Gasteiger partial charge in [-0.05, 0) is 19.3 Å². The van der Waals surface area contributed by atoms with Crippen LogP contribution in [0.1, 0.15) is 19.3 Å². The molecular weight excluding hydrogens is 144 g/mol. The molecule has 0 aromatic carbocycles. The Morgan fingerprint density at radius 2 is 2.18 bits per heavy atom. The van der Waals surface area contributed by atoms with Crippen LogP contribution in [-0.2, 0) is 4.79 Å². The van der Waals surface area contributed by atoms with E-state index in [2.05, 4.69) is 10.2 Å². The van der Waals surface area contributed by atoms with Gasteiger partial charge in [-0.2, -0.15) is 10.2 Å². The van der Waals surface area contributed by atoms with Gasteiger partial charge in [-0.15, -0.1) is 0 Å². The molecule has 11 heavy (non-hydrogen) atoms. The van der Waals surface area contributed by atoms with Crippen molar-refractivity contribution < 1.29 is 9.90 Å². The molecule has 4 nitrogen and oxygen atoms in total. The molecule has 0 saturated heterocycles. The lowest BCUT2D eigenvalue weighted by molar-refractivity contribution is -0.144. The number of carboxylic acid groups (broad SMARTS) is 1. The van der Waals surface area contributed by atoms with Gasteiger partial charge in [0.1, 0.15) is 0 Å². The fourth-order valence-electron chi connectivity index (χ4n) is 1.82. The van der Waals surface area contributed by atoms with Gasteiger partial charge < -0.3 is 5.11 Å². The summed E-state index contributed by atoms with van der Waals surface area (Å²) >= 11 is 0. The van der Waals surface area contributed by atoms with Crippen LogP contribution in [0.2, 0.25) is 0 Å². The maximum atomic E-state index is 10.6. The maximum absolute atomic E-state index is 10.6. The summed E-state index contributed by atoms with van der Waals surface area (Å²) in [4.78, 5) is 10.6. The third kappa shape index (κ3) is 1.02. The van der Waals surface area contributed by atoms with Crippen molar-refractivity contribution in [3.05, 3.63) is 0 Å². The Balaban J connectivity index is 2.17. The van der Waals surface area contributed by atoms with E-state index in [1.165, 1.54) is 0 Å². The Morgan fingerprint density at radius 3 is 2.45 bits per heavy atom. The molecule has 0 aromatic heterocycles. The predicted molar refractivity (Wildman–Crippen MR) is 37.4 cm³/mol. The van der Waals surface area contributed by atoms with Crippen molar-refractivity contribution in [3.63, 3.8) is 0 Å². The Kier molecular flexibility index (Phi) is 1.41. The quantitative estimate of drug-likeness (QED) is 0.614. The van der Waals surface area contributed by atoms with Crippen molar-refractivity contribution in [1.29, 1.82) is 0 Å². The van der Waals surface area contributed by atoms with Crippen LogP contribution in [0.4, 0.5) is 0 Å². The first kappa shape index (κ1) is 6.76. The van der Waals surface area contributed by atoms with Crippen LogP contribution in [0.3, 0.4) is 0 Å². The molecule has 0 aromatic rings. The Labute approximate surface area is 64.3 Å². The van der Waals surface area contributed by atoms with E-state index in [0.717, 1.165) is 12.8 Å². The van der Waals surface area contributed by atoms with Crippen molar-refractivity contribution in [2.24, 2.45) is 16.1 Å². The molecule has 2 bridgehead atoms. The average molecular weight is 154 g/mol. The molecular formula is C7H10N2O2. The summed E-state index contributed by atoms with van der Waals surface area (Å²) < 4.78 is 0. The smallest absolute Gasteiger partial charge is 0.308 e. The van der Waals surface area contributed by atoms with E-state index >= 15 is 0 Å². The Hall–Kier alpha value is -0.930. The number of fused-ring (bicyclic) bond motifs is 2. The number of carbonyl (C=O) groups is 1. The molecule has 3 atom stereocenters. The van der Waals surface area contributed by atoms with Crippen LogP contribution in [0, 0.1) is 5.92 Å². The number of hydrogen-bond donors (Lipinski definition) is 1. The number of azo groups is 1. The van der Waals surface area contributed by atoms with E-state index in [4.69, 9.17) is 5.11 Å². The molecule has 2 aliphatic heterocycles. The molecule has 2 heterocycles. The lowest BCUT2D eigenvalue weighted by Gasteiger charge is -2.32.